The summed E-state index contributed by atoms with van der Waals surface area (Å²) in [6.45, 7) is 0. The van der Waals surface area contributed by atoms with E-state index < -0.39 is 33.5 Å². The molecule has 0 saturated carbocycles. The van der Waals surface area contributed by atoms with Crippen LogP contribution in [0.3, 0.4) is 0 Å². The summed E-state index contributed by atoms with van der Waals surface area (Å²) in [6.07, 6.45) is -0.753. The van der Waals surface area contributed by atoms with Gasteiger partial charge < -0.3 is 0 Å². The molecule has 0 unspecified atom stereocenters. The maximum atomic E-state index is 12.0. The topological polar surface area (TPSA) is 88.6 Å². The summed E-state index contributed by atoms with van der Waals surface area (Å²) in [6, 6.07) is 5.54. The number of hydrogen-bond acceptors (Lipinski definition) is 5. The first-order valence-corrected chi connectivity index (χ1v) is 7.07. The van der Waals surface area contributed by atoms with E-state index in [9.17, 15) is 22.8 Å². The van der Waals surface area contributed by atoms with Crippen LogP contribution in [0.15, 0.2) is 29.2 Å². The lowest BCUT2D eigenvalue weighted by Gasteiger charge is -2.12. The maximum Gasteiger partial charge on any atom is 0.276 e. The lowest BCUT2D eigenvalue weighted by molar-refractivity contribution is -0.126. The number of sulfonamides is 1. The predicted molar refractivity (Wildman–Crippen MR) is 64.9 cm³/mol. The largest absolute Gasteiger partial charge is 0.281 e. The van der Waals surface area contributed by atoms with Crippen LogP contribution in [0.25, 0.3) is 0 Å². The Labute approximate surface area is 114 Å². The number of halogens is 1. The molecule has 0 bridgehead atoms. The molecule has 0 spiro atoms. The number of nitrogens with zero attached hydrogens (tertiary/aromatic N) is 1. The van der Waals surface area contributed by atoms with Crippen LogP contribution in [0.1, 0.15) is 23.2 Å². The van der Waals surface area contributed by atoms with Gasteiger partial charge in [0.15, 0.2) is 0 Å². The van der Waals surface area contributed by atoms with Crippen molar-refractivity contribution < 1.29 is 22.8 Å². The van der Waals surface area contributed by atoms with Crippen molar-refractivity contribution in [1.82, 2.24) is 4.31 Å². The Morgan fingerprint density at radius 3 is 2.37 bits per heavy atom. The zero-order valence-electron chi connectivity index (χ0n) is 9.50. The minimum absolute atomic E-state index is 0.0481. The van der Waals surface area contributed by atoms with Gasteiger partial charge in [-0.3, -0.25) is 14.4 Å². The summed E-state index contributed by atoms with van der Waals surface area (Å²) >= 11 is 5.08. The zero-order valence-corrected chi connectivity index (χ0v) is 11.1. The highest BCUT2D eigenvalue weighted by Crippen LogP contribution is 2.30. The first-order valence-electron chi connectivity index (χ1n) is 5.25. The molecule has 1 aliphatic rings. The Bertz CT molecular complexity index is 682. The number of fused-ring (bicyclic) bond motifs is 1. The Balaban J connectivity index is 2.38. The number of rotatable bonds is 3. The van der Waals surface area contributed by atoms with Gasteiger partial charge in [-0.1, -0.05) is 12.1 Å². The smallest absolute Gasteiger partial charge is 0.276 e. The molecule has 0 N–H and O–H groups in total. The zero-order chi connectivity index (χ0) is 14.2. The van der Waals surface area contributed by atoms with Gasteiger partial charge in [-0.05, 0) is 23.7 Å². The second-order valence-electron chi connectivity index (χ2n) is 3.82. The summed E-state index contributed by atoms with van der Waals surface area (Å²) in [5.41, 5.74) is -0.0481. The molecule has 0 aliphatic carbocycles. The van der Waals surface area contributed by atoms with Crippen molar-refractivity contribution in [1.29, 1.82) is 0 Å². The predicted octanol–water partition coefficient (Wildman–Crippen LogP) is 0.903. The van der Waals surface area contributed by atoms with E-state index in [1.165, 1.54) is 24.3 Å². The van der Waals surface area contributed by atoms with E-state index in [1.54, 1.807) is 0 Å². The molecule has 1 aromatic rings. The standard InChI is InChI=1S/C11H8ClNO5S/c12-9(14)5-6-10(15)13-11(16)7-3-1-2-4-8(7)19(13,17)18/h1-4H,5-6H2. The quantitative estimate of drug-likeness (QED) is 0.774. The monoisotopic (exact) mass is 301 g/mol. The van der Waals surface area contributed by atoms with Crippen molar-refractivity contribution in [3.05, 3.63) is 29.8 Å². The summed E-state index contributed by atoms with van der Waals surface area (Å²) in [5.74, 6) is -1.86. The van der Waals surface area contributed by atoms with Crippen molar-refractivity contribution in [3.8, 4) is 0 Å². The van der Waals surface area contributed by atoms with Gasteiger partial charge >= 0.3 is 0 Å². The second-order valence-corrected chi connectivity index (χ2v) is 6.00. The second kappa shape index (κ2) is 4.75. The fourth-order valence-electron chi connectivity index (χ4n) is 1.74. The van der Waals surface area contributed by atoms with Crippen molar-refractivity contribution in [2.45, 2.75) is 17.7 Å². The van der Waals surface area contributed by atoms with E-state index in [0.717, 1.165) is 0 Å². The third-order valence-corrected chi connectivity index (χ3v) is 4.53. The van der Waals surface area contributed by atoms with Gasteiger partial charge in [0.05, 0.1) is 5.56 Å². The van der Waals surface area contributed by atoms with E-state index >= 15 is 0 Å². The molecule has 1 aromatic carbocycles. The summed E-state index contributed by atoms with van der Waals surface area (Å²) in [7, 11) is -4.16. The van der Waals surface area contributed by atoms with E-state index in [4.69, 9.17) is 11.6 Å². The molecule has 1 aliphatic heterocycles. The third-order valence-electron chi connectivity index (χ3n) is 2.58. The maximum absolute atomic E-state index is 12.0. The highest BCUT2D eigenvalue weighted by Gasteiger charge is 2.44. The van der Waals surface area contributed by atoms with Crippen LogP contribution in [-0.4, -0.2) is 29.8 Å². The van der Waals surface area contributed by atoms with Gasteiger partial charge in [-0.2, -0.15) is 4.31 Å². The van der Waals surface area contributed by atoms with Crippen molar-refractivity contribution in [2.75, 3.05) is 0 Å². The van der Waals surface area contributed by atoms with Crippen molar-refractivity contribution in [2.24, 2.45) is 0 Å². The molecule has 0 saturated heterocycles. The van der Waals surface area contributed by atoms with Crippen molar-refractivity contribution in [3.63, 3.8) is 0 Å². The summed E-state index contributed by atoms with van der Waals surface area (Å²) in [5, 5.41) is -0.769. The lowest BCUT2D eigenvalue weighted by atomic mass is 10.2. The van der Waals surface area contributed by atoms with Gasteiger partial charge in [-0.15, -0.1) is 0 Å². The molecule has 6 nitrogen and oxygen atoms in total. The van der Waals surface area contributed by atoms with Gasteiger partial charge in [0.25, 0.3) is 15.9 Å². The van der Waals surface area contributed by atoms with E-state index in [0.29, 0.717) is 0 Å². The molecule has 2 rings (SSSR count). The minimum atomic E-state index is -4.16. The number of amides is 2. The normalized spacial score (nSPS) is 16.3. The van der Waals surface area contributed by atoms with Gasteiger partial charge in [0.2, 0.25) is 11.1 Å². The van der Waals surface area contributed by atoms with Gasteiger partial charge in [-0.25, -0.2) is 8.42 Å². The summed E-state index contributed by atoms with van der Waals surface area (Å²) < 4.78 is 24.3. The minimum Gasteiger partial charge on any atom is -0.281 e. The lowest BCUT2D eigenvalue weighted by Crippen LogP contribution is -2.36. The van der Waals surface area contributed by atoms with Crippen LogP contribution in [0.5, 0.6) is 0 Å². The number of imide groups is 1. The molecule has 0 aromatic heterocycles. The van der Waals surface area contributed by atoms with Crippen LogP contribution < -0.4 is 0 Å². The van der Waals surface area contributed by atoms with Crippen LogP contribution in [-0.2, 0) is 19.6 Å². The molecule has 100 valence electrons. The van der Waals surface area contributed by atoms with Gasteiger partial charge in [0, 0.05) is 12.8 Å². The SMILES string of the molecule is O=C(Cl)CCC(=O)N1C(=O)c2ccccc2S1(=O)=O. The van der Waals surface area contributed by atoms with Crippen LogP contribution >= 0.6 is 11.6 Å². The van der Waals surface area contributed by atoms with Crippen LogP contribution in [0.4, 0.5) is 0 Å². The van der Waals surface area contributed by atoms with Crippen LogP contribution in [0.2, 0.25) is 0 Å². The molecular formula is C11H8ClNO5S. The third kappa shape index (κ3) is 2.26. The molecule has 2 amide bonds. The number of benzene rings is 1. The molecule has 0 atom stereocenters. The van der Waals surface area contributed by atoms with Gasteiger partial charge in [0.1, 0.15) is 4.90 Å². The summed E-state index contributed by atoms with van der Waals surface area (Å²) in [4.78, 5) is 34.0. The fraction of sp³-hybridized carbons (Fsp3) is 0.182. The highest BCUT2D eigenvalue weighted by atomic mass is 35.5. The molecule has 0 radical (unpaired) electrons. The van der Waals surface area contributed by atoms with E-state index in [-0.39, 0.29) is 21.2 Å². The molecule has 1 heterocycles. The number of hydrogen-bond donors (Lipinski definition) is 0. The molecule has 8 heteroatoms. The first-order chi connectivity index (χ1) is 8.85. The molecule has 19 heavy (non-hydrogen) atoms. The molecular weight excluding hydrogens is 294 g/mol. The molecule has 0 fully saturated rings. The Morgan fingerprint density at radius 2 is 1.79 bits per heavy atom. The first kappa shape index (κ1) is 13.7. The average Bonchev–Trinajstić information content (AvgIpc) is 2.55. The highest BCUT2D eigenvalue weighted by molar-refractivity contribution is 7.90. The number of carbonyl (C=O) groups is 3. The van der Waals surface area contributed by atoms with Crippen molar-refractivity contribution >= 4 is 38.7 Å². The van der Waals surface area contributed by atoms with Crippen LogP contribution in [0, 0.1) is 0 Å². The average molecular weight is 302 g/mol. The Morgan fingerprint density at radius 1 is 1.16 bits per heavy atom. The Kier molecular flexibility index (Phi) is 3.42. The Hall–Kier alpha value is -1.73. The van der Waals surface area contributed by atoms with E-state index in [2.05, 4.69) is 0 Å². The fourth-order valence-corrected chi connectivity index (χ4v) is 3.39. The number of carbonyl (C=O) groups excluding carboxylic acids is 3. The van der Waals surface area contributed by atoms with E-state index in [1.807, 2.05) is 0 Å².